The van der Waals surface area contributed by atoms with Crippen LogP contribution in [0.25, 0.3) is 17.0 Å². The predicted molar refractivity (Wildman–Crippen MR) is 100 cm³/mol. The van der Waals surface area contributed by atoms with Gasteiger partial charge in [-0.3, -0.25) is 25.4 Å². The summed E-state index contributed by atoms with van der Waals surface area (Å²) in [6.45, 7) is 0. The van der Waals surface area contributed by atoms with Crippen LogP contribution in [0.1, 0.15) is 15.2 Å². The van der Waals surface area contributed by atoms with Crippen molar-refractivity contribution in [2.75, 3.05) is 5.73 Å². The molecule has 0 fully saturated rings. The molecule has 3 aromatic rings. The fourth-order valence-electron chi connectivity index (χ4n) is 2.14. The van der Waals surface area contributed by atoms with Crippen LogP contribution in [0.3, 0.4) is 0 Å². The van der Waals surface area contributed by atoms with Gasteiger partial charge in [-0.05, 0) is 35.7 Å². The lowest BCUT2D eigenvalue weighted by atomic mass is 10.1. The van der Waals surface area contributed by atoms with Gasteiger partial charge in [0.15, 0.2) is 0 Å². The van der Waals surface area contributed by atoms with Crippen LogP contribution in [0.5, 0.6) is 0 Å². The van der Waals surface area contributed by atoms with E-state index in [0.29, 0.717) is 15.9 Å². The molecule has 2 amide bonds. The van der Waals surface area contributed by atoms with Crippen LogP contribution >= 0.6 is 22.9 Å². The van der Waals surface area contributed by atoms with Gasteiger partial charge in [0.1, 0.15) is 0 Å². The number of nitrogens with two attached hydrogens (primary N) is 1. The monoisotopic (exact) mass is 372 g/mol. The van der Waals surface area contributed by atoms with Gasteiger partial charge in [-0.15, -0.1) is 11.3 Å². The minimum atomic E-state index is -0.565. The molecular formula is C17H13ClN4O2S. The predicted octanol–water partition coefficient (Wildman–Crippen LogP) is 3.01. The van der Waals surface area contributed by atoms with Gasteiger partial charge in [0, 0.05) is 27.6 Å². The Labute approximate surface area is 152 Å². The number of nitrogen functional groups attached to an aromatic ring is 1. The summed E-state index contributed by atoms with van der Waals surface area (Å²) in [6.07, 6.45) is 4.34. The van der Waals surface area contributed by atoms with E-state index in [0.717, 1.165) is 4.88 Å². The number of thiophene rings is 1. The van der Waals surface area contributed by atoms with Gasteiger partial charge in [0.05, 0.1) is 16.8 Å². The van der Waals surface area contributed by atoms with Crippen LogP contribution in [-0.2, 0) is 4.79 Å². The molecule has 4 N–H and O–H groups in total. The molecule has 6 nitrogen and oxygen atoms in total. The smallest absolute Gasteiger partial charge is 0.273 e. The molecule has 0 aliphatic rings. The first-order chi connectivity index (χ1) is 12.0. The third-order valence-electron chi connectivity index (χ3n) is 3.36. The Balaban J connectivity index is 1.70. The SMILES string of the molecule is Nc1c(C(=O)NNC(=O)/C=C/c2cccs2)cnc2ccc(Cl)cc12. The molecule has 0 unspecified atom stereocenters. The van der Waals surface area contributed by atoms with E-state index in [1.54, 1.807) is 24.3 Å². The van der Waals surface area contributed by atoms with Gasteiger partial charge in [-0.1, -0.05) is 17.7 Å². The quantitative estimate of drug-likeness (QED) is 0.486. The van der Waals surface area contributed by atoms with E-state index < -0.39 is 11.8 Å². The number of fused-ring (bicyclic) bond motifs is 1. The normalized spacial score (nSPS) is 10.9. The molecule has 0 bridgehead atoms. The zero-order chi connectivity index (χ0) is 17.8. The average molecular weight is 373 g/mol. The number of hydrogen-bond acceptors (Lipinski definition) is 5. The summed E-state index contributed by atoms with van der Waals surface area (Å²) >= 11 is 7.46. The van der Waals surface area contributed by atoms with E-state index >= 15 is 0 Å². The van der Waals surface area contributed by atoms with Crippen molar-refractivity contribution in [3.63, 3.8) is 0 Å². The topological polar surface area (TPSA) is 97.1 Å². The highest BCUT2D eigenvalue weighted by Gasteiger charge is 2.14. The Bertz CT molecular complexity index is 970. The standard InChI is InChI=1S/C17H13ClN4O2S/c18-10-3-5-14-12(8-10)16(19)13(9-20-14)17(24)22-21-15(23)6-4-11-2-1-7-25-11/h1-9H,(H2,19,20)(H,21,23)(H,22,24)/b6-4+. The van der Waals surface area contributed by atoms with Crippen molar-refractivity contribution < 1.29 is 9.59 Å². The van der Waals surface area contributed by atoms with Crippen molar-refractivity contribution in [3.8, 4) is 0 Å². The summed E-state index contributed by atoms with van der Waals surface area (Å²) in [5, 5.41) is 2.97. The number of pyridine rings is 1. The summed E-state index contributed by atoms with van der Waals surface area (Å²) in [6, 6.07) is 8.80. The van der Waals surface area contributed by atoms with Gasteiger partial charge in [0.25, 0.3) is 11.8 Å². The number of hydrazine groups is 1. The van der Waals surface area contributed by atoms with E-state index in [9.17, 15) is 9.59 Å². The molecule has 25 heavy (non-hydrogen) atoms. The molecule has 2 heterocycles. The lowest BCUT2D eigenvalue weighted by Crippen LogP contribution is -2.41. The van der Waals surface area contributed by atoms with Gasteiger partial charge in [-0.25, -0.2) is 0 Å². The maximum atomic E-state index is 12.2. The molecule has 0 aliphatic carbocycles. The van der Waals surface area contributed by atoms with Gasteiger partial charge < -0.3 is 5.73 Å². The van der Waals surface area contributed by atoms with Crippen LogP contribution in [0.15, 0.2) is 48.0 Å². The minimum Gasteiger partial charge on any atom is -0.397 e. The molecular weight excluding hydrogens is 360 g/mol. The largest absolute Gasteiger partial charge is 0.397 e. The van der Waals surface area contributed by atoms with E-state index in [1.807, 2.05) is 17.5 Å². The average Bonchev–Trinajstić information content (AvgIpc) is 3.12. The van der Waals surface area contributed by atoms with Crippen molar-refractivity contribution >= 4 is 57.4 Å². The summed E-state index contributed by atoms with van der Waals surface area (Å²) in [5.41, 5.74) is 11.7. The van der Waals surface area contributed by atoms with Crippen molar-refractivity contribution in [1.29, 1.82) is 0 Å². The molecule has 3 rings (SSSR count). The van der Waals surface area contributed by atoms with E-state index in [2.05, 4.69) is 15.8 Å². The highest BCUT2D eigenvalue weighted by Crippen LogP contribution is 2.25. The Morgan fingerprint density at radius 1 is 1.24 bits per heavy atom. The molecule has 0 atom stereocenters. The Morgan fingerprint density at radius 2 is 2.08 bits per heavy atom. The van der Waals surface area contributed by atoms with Crippen molar-refractivity contribution in [2.24, 2.45) is 0 Å². The maximum Gasteiger partial charge on any atom is 0.273 e. The minimum absolute atomic E-state index is 0.150. The second kappa shape index (κ2) is 7.33. The number of amides is 2. The number of aromatic nitrogens is 1. The molecule has 0 saturated heterocycles. The van der Waals surface area contributed by atoms with Crippen molar-refractivity contribution in [1.82, 2.24) is 15.8 Å². The summed E-state index contributed by atoms with van der Waals surface area (Å²) in [5.74, 6) is -1.03. The third kappa shape index (κ3) is 3.96. The number of carbonyl (C=O) groups excluding carboxylic acids is 2. The maximum absolute atomic E-state index is 12.2. The first-order valence-electron chi connectivity index (χ1n) is 7.20. The van der Waals surface area contributed by atoms with Crippen molar-refractivity contribution in [2.45, 2.75) is 0 Å². The van der Waals surface area contributed by atoms with Crippen LogP contribution in [0.4, 0.5) is 5.69 Å². The molecule has 2 aromatic heterocycles. The highest BCUT2D eigenvalue weighted by atomic mass is 35.5. The third-order valence-corrected chi connectivity index (χ3v) is 4.43. The first-order valence-corrected chi connectivity index (χ1v) is 8.46. The van der Waals surface area contributed by atoms with Crippen LogP contribution in [0.2, 0.25) is 5.02 Å². The fourth-order valence-corrected chi connectivity index (χ4v) is 2.93. The molecule has 8 heteroatoms. The number of carbonyl (C=O) groups is 2. The first kappa shape index (κ1) is 16.9. The molecule has 0 radical (unpaired) electrons. The molecule has 126 valence electrons. The van der Waals surface area contributed by atoms with Crippen LogP contribution in [-0.4, -0.2) is 16.8 Å². The zero-order valence-electron chi connectivity index (χ0n) is 12.8. The number of halogens is 1. The lowest BCUT2D eigenvalue weighted by molar-refractivity contribution is -0.117. The number of nitrogens with zero attached hydrogens (tertiary/aromatic N) is 1. The fraction of sp³-hybridized carbons (Fsp3) is 0. The summed E-state index contributed by atoms with van der Waals surface area (Å²) in [4.78, 5) is 29.1. The molecule has 0 aliphatic heterocycles. The Morgan fingerprint density at radius 3 is 2.84 bits per heavy atom. The molecule has 0 saturated carbocycles. The number of nitrogens with one attached hydrogen (secondary N) is 2. The molecule has 0 spiro atoms. The zero-order valence-corrected chi connectivity index (χ0v) is 14.4. The van der Waals surface area contributed by atoms with E-state index in [-0.39, 0.29) is 11.3 Å². The molecule has 1 aromatic carbocycles. The number of benzene rings is 1. The highest BCUT2D eigenvalue weighted by molar-refractivity contribution is 7.10. The van der Waals surface area contributed by atoms with Crippen molar-refractivity contribution in [3.05, 3.63) is 63.4 Å². The van der Waals surface area contributed by atoms with Crippen LogP contribution in [0, 0.1) is 0 Å². The van der Waals surface area contributed by atoms with Crippen LogP contribution < -0.4 is 16.6 Å². The Kier molecular flexibility index (Phi) is 4.97. The van der Waals surface area contributed by atoms with Gasteiger partial charge in [0.2, 0.25) is 0 Å². The number of hydrogen-bond donors (Lipinski definition) is 3. The second-order valence-electron chi connectivity index (χ2n) is 5.04. The Hall–Kier alpha value is -2.90. The van der Waals surface area contributed by atoms with E-state index in [4.69, 9.17) is 17.3 Å². The summed E-state index contributed by atoms with van der Waals surface area (Å²) in [7, 11) is 0. The lowest BCUT2D eigenvalue weighted by Gasteiger charge is -2.09. The van der Waals surface area contributed by atoms with Gasteiger partial charge in [-0.2, -0.15) is 0 Å². The number of rotatable bonds is 3. The second-order valence-corrected chi connectivity index (χ2v) is 6.45. The van der Waals surface area contributed by atoms with Gasteiger partial charge >= 0.3 is 0 Å². The van der Waals surface area contributed by atoms with E-state index in [1.165, 1.54) is 23.6 Å². The summed E-state index contributed by atoms with van der Waals surface area (Å²) < 4.78 is 0. The number of anilines is 1.